The molecule has 2 aliphatic rings. The number of rotatable bonds is 2. The lowest BCUT2D eigenvalue weighted by molar-refractivity contribution is -0.135. The van der Waals surface area contributed by atoms with Crippen LogP contribution in [0.15, 0.2) is 30.3 Å². The number of hydrogen-bond donors (Lipinski definition) is 2. The van der Waals surface area contributed by atoms with Crippen LogP contribution < -0.4 is 11.5 Å². The summed E-state index contributed by atoms with van der Waals surface area (Å²) < 4.78 is 0. The predicted molar refractivity (Wildman–Crippen MR) is 94.9 cm³/mol. The van der Waals surface area contributed by atoms with Gasteiger partial charge in [-0.3, -0.25) is 4.79 Å². The summed E-state index contributed by atoms with van der Waals surface area (Å²) in [6.07, 6.45) is 1.63. The monoisotopic (exact) mass is 352 g/mol. The first-order valence-corrected chi connectivity index (χ1v) is 8.20. The van der Waals surface area contributed by atoms with E-state index in [1.165, 1.54) is 5.56 Å². The molecule has 7 heteroatoms. The molecule has 2 heterocycles. The first-order valence-electron chi connectivity index (χ1n) is 8.20. The van der Waals surface area contributed by atoms with E-state index in [9.17, 15) is 9.59 Å². The Morgan fingerprint density at radius 1 is 1.04 bits per heavy atom. The van der Waals surface area contributed by atoms with E-state index in [-0.39, 0.29) is 36.2 Å². The highest BCUT2D eigenvalue weighted by atomic mass is 35.5. The second kappa shape index (κ2) is 7.85. The number of benzene rings is 1. The lowest BCUT2D eigenvalue weighted by atomic mass is 9.95. The average Bonchev–Trinajstić information content (AvgIpc) is 2.97. The predicted octanol–water partition coefficient (Wildman–Crippen LogP) is 1.15. The zero-order valence-corrected chi connectivity index (χ0v) is 14.5. The third kappa shape index (κ3) is 3.82. The molecule has 4 N–H and O–H groups in total. The second-order valence-corrected chi connectivity index (χ2v) is 6.55. The van der Waals surface area contributed by atoms with Crippen LogP contribution >= 0.6 is 12.4 Å². The van der Waals surface area contributed by atoms with Gasteiger partial charge in [0, 0.05) is 38.1 Å². The third-order valence-electron chi connectivity index (χ3n) is 4.99. The molecule has 0 radical (unpaired) electrons. The number of nitrogens with zero attached hydrogens (tertiary/aromatic N) is 2. The van der Waals surface area contributed by atoms with Crippen molar-refractivity contribution in [3.8, 4) is 0 Å². The Morgan fingerprint density at radius 2 is 1.75 bits per heavy atom. The van der Waals surface area contributed by atoms with Gasteiger partial charge < -0.3 is 21.3 Å². The van der Waals surface area contributed by atoms with Crippen molar-refractivity contribution >= 4 is 24.3 Å². The molecule has 0 aliphatic carbocycles. The highest BCUT2D eigenvalue weighted by Crippen LogP contribution is 2.29. The molecule has 3 rings (SSSR count). The minimum absolute atomic E-state index is 0. The summed E-state index contributed by atoms with van der Waals surface area (Å²) in [6.45, 7) is 2.30. The number of carbonyl (C=O) groups is 2. The van der Waals surface area contributed by atoms with Crippen molar-refractivity contribution in [3.05, 3.63) is 35.9 Å². The van der Waals surface area contributed by atoms with Crippen molar-refractivity contribution in [2.24, 2.45) is 17.4 Å². The molecule has 6 nitrogen and oxygen atoms in total. The number of amides is 3. The van der Waals surface area contributed by atoms with Crippen molar-refractivity contribution in [2.45, 2.75) is 24.8 Å². The Kier molecular flexibility index (Phi) is 6.07. The van der Waals surface area contributed by atoms with Gasteiger partial charge in [0.1, 0.15) is 0 Å². The Bertz CT molecular complexity index is 583. The quantitative estimate of drug-likeness (QED) is 0.836. The van der Waals surface area contributed by atoms with Crippen molar-refractivity contribution in [1.29, 1.82) is 0 Å². The molecule has 2 fully saturated rings. The fraction of sp³-hybridized carbons (Fsp3) is 0.529. The fourth-order valence-electron chi connectivity index (χ4n) is 3.70. The molecule has 2 saturated heterocycles. The molecule has 1 unspecified atom stereocenters. The van der Waals surface area contributed by atoms with Gasteiger partial charge in [0.25, 0.3) is 0 Å². The van der Waals surface area contributed by atoms with Gasteiger partial charge in [0.05, 0.1) is 5.92 Å². The molecule has 0 bridgehead atoms. The summed E-state index contributed by atoms with van der Waals surface area (Å²) in [6, 6.07) is 9.62. The molecule has 0 spiro atoms. The molecule has 3 amide bonds. The molecule has 132 valence electrons. The smallest absolute Gasteiger partial charge is 0.314 e. The number of urea groups is 1. The molecule has 3 atom stereocenters. The van der Waals surface area contributed by atoms with Crippen LogP contribution in [0.2, 0.25) is 0 Å². The van der Waals surface area contributed by atoms with Crippen molar-refractivity contribution in [3.63, 3.8) is 0 Å². The van der Waals surface area contributed by atoms with E-state index in [1.54, 1.807) is 4.90 Å². The number of piperidine rings is 1. The maximum Gasteiger partial charge on any atom is 0.314 e. The number of likely N-dealkylation sites (tertiary alicyclic amines) is 2. The lowest BCUT2D eigenvalue weighted by Gasteiger charge is -2.33. The summed E-state index contributed by atoms with van der Waals surface area (Å²) in [4.78, 5) is 27.5. The van der Waals surface area contributed by atoms with E-state index < -0.39 is 6.03 Å². The van der Waals surface area contributed by atoms with Crippen LogP contribution in [0.25, 0.3) is 0 Å². The van der Waals surface area contributed by atoms with Gasteiger partial charge in [-0.05, 0) is 18.4 Å². The summed E-state index contributed by atoms with van der Waals surface area (Å²) in [7, 11) is 0. The fourth-order valence-corrected chi connectivity index (χ4v) is 3.70. The van der Waals surface area contributed by atoms with E-state index >= 15 is 0 Å². The third-order valence-corrected chi connectivity index (χ3v) is 4.99. The topological polar surface area (TPSA) is 92.7 Å². The van der Waals surface area contributed by atoms with E-state index in [0.717, 1.165) is 12.8 Å². The standard InChI is InChI=1S/C17H24N4O2.ClH/c18-15-11-21(10-14(15)12-5-2-1-3-6-12)16(22)13-7-4-8-20(9-13)17(19)23;/h1-3,5-6,13-15H,4,7-11,18H2,(H2,19,23);1H/t13?,14-,15+;/m0./s1. The van der Waals surface area contributed by atoms with Gasteiger partial charge >= 0.3 is 6.03 Å². The maximum atomic E-state index is 12.8. The van der Waals surface area contributed by atoms with Gasteiger partial charge in [-0.1, -0.05) is 30.3 Å². The number of halogens is 1. The van der Waals surface area contributed by atoms with E-state index in [0.29, 0.717) is 26.2 Å². The van der Waals surface area contributed by atoms with E-state index in [1.807, 2.05) is 23.1 Å². The molecular weight excluding hydrogens is 328 g/mol. The molecule has 1 aromatic rings. The second-order valence-electron chi connectivity index (χ2n) is 6.55. The molecule has 0 saturated carbocycles. The Balaban J connectivity index is 0.00000208. The molecule has 1 aromatic carbocycles. The molecular formula is C17H25ClN4O2. The van der Waals surface area contributed by atoms with Crippen molar-refractivity contribution < 1.29 is 9.59 Å². The van der Waals surface area contributed by atoms with Crippen LogP contribution in [-0.4, -0.2) is 54.0 Å². The normalized spacial score (nSPS) is 26.8. The SMILES string of the molecule is Cl.NC(=O)N1CCCC(C(=O)N2C[C@@H](N)[C@H](c3ccccc3)C2)C1. The number of hydrogen-bond acceptors (Lipinski definition) is 3. The highest BCUT2D eigenvalue weighted by Gasteiger charge is 2.37. The maximum absolute atomic E-state index is 12.8. The zero-order chi connectivity index (χ0) is 16.4. The Labute approximate surface area is 148 Å². The summed E-state index contributed by atoms with van der Waals surface area (Å²) in [5.41, 5.74) is 12.8. The van der Waals surface area contributed by atoms with Crippen LogP contribution in [0.5, 0.6) is 0 Å². The summed E-state index contributed by atoms with van der Waals surface area (Å²) >= 11 is 0. The number of carbonyl (C=O) groups excluding carboxylic acids is 2. The largest absolute Gasteiger partial charge is 0.351 e. The van der Waals surface area contributed by atoms with Gasteiger partial charge in [0.15, 0.2) is 0 Å². The first-order chi connectivity index (χ1) is 11.1. The zero-order valence-electron chi connectivity index (χ0n) is 13.6. The summed E-state index contributed by atoms with van der Waals surface area (Å²) in [5, 5.41) is 0. The van der Waals surface area contributed by atoms with Crippen LogP contribution in [0.4, 0.5) is 4.79 Å². The van der Waals surface area contributed by atoms with Crippen molar-refractivity contribution in [2.75, 3.05) is 26.2 Å². The molecule has 2 aliphatic heterocycles. The Morgan fingerprint density at radius 3 is 2.42 bits per heavy atom. The van der Waals surface area contributed by atoms with Gasteiger partial charge in [0.2, 0.25) is 5.91 Å². The minimum atomic E-state index is -0.442. The lowest BCUT2D eigenvalue weighted by Crippen LogP contribution is -2.48. The van der Waals surface area contributed by atoms with Crippen LogP contribution in [0.1, 0.15) is 24.3 Å². The molecule has 24 heavy (non-hydrogen) atoms. The highest BCUT2D eigenvalue weighted by molar-refractivity contribution is 5.85. The first kappa shape index (κ1) is 18.5. The number of primary amides is 1. The summed E-state index contributed by atoms with van der Waals surface area (Å²) in [5.74, 6) is 0.124. The van der Waals surface area contributed by atoms with E-state index in [4.69, 9.17) is 11.5 Å². The van der Waals surface area contributed by atoms with Crippen LogP contribution in [0.3, 0.4) is 0 Å². The van der Waals surface area contributed by atoms with Gasteiger partial charge in [-0.25, -0.2) is 4.79 Å². The Hall–Kier alpha value is -1.79. The van der Waals surface area contributed by atoms with Crippen LogP contribution in [0, 0.1) is 5.92 Å². The number of nitrogens with two attached hydrogens (primary N) is 2. The average molecular weight is 353 g/mol. The van der Waals surface area contributed by atoms with E-state index in [2.05, 4.69) is 12.1 Å². The molecule has 0 aromatic heterocycles. The van der Waals surface area contributed by atoms with Crippen LogP contribution in [-0.2, 0) is 4.79 Å². The van der Waals surface area contributed by atoms with Gasteiger partial charge in [-0.2, -0.15) is 0 Å². The van der Waals surface area contributed by atoms with Crippen molar-refractivity contribution in [1.82, 2.24) is 9.80 Å². The minimum Gasteiger partial charge on any atom is -0.351 e. The van der Waals surface area contributed by atoms with Gasteiger partial charge in [-0.15, -0.1) is 12.4 Å².